The number of methoxy groups -OCH3 is 1. The maximum Gasteiger partial charge on any atom is 0.494 e. The molecule has 0 aliphatic carbocycles. The quantitative estimate of drug-likeness (QED) is 0.810. The van der Waals surface area contributed by atoms with Gasteiger partial charge in [-0.25, -0.2) is 0 Å². The minimum atomic E-state index is -0.391. The SMILES string of the molecule is COc1cc(B2OC(C)(C)C(C)(C)O2)cc(-c2ccccc2)c1. The molecule has 0 amide bonds. The van der Waals surface area contributed by atoms with Crippen LogP contribution in [0.25, 0.3) is 11.1 Å². The van der Waals surface area contributed by atoms with Gasteiger partial charge in [-0.2, -0.15) is 0 Å². The molecule has 120 valence electrons. The molecule has 2 aromatic carbocycles. The second kappa shape index (κ2) is 5.70. The Morgan fingerprint density at radius 2 is 1.43 bits per heavy atom. The van der Waals surface area contributed by atoms with E-state index in [9.17, 15) is 0 Å². The van der Waals surface area contributed by atoms with E-state index in [2.05, 4.69) is 45.9 Å². The second-order valence-electron chi connectivity index (χ2n) is 6.95. The summed E-state index contributed by atoms with van der Waals surface area (Å²) in [6.45, 7) is 8.24. The molecule has 0 saturated carbocycles. The van der Waals surface area contributed by atoms with Crippen molar-refractivity contribution in [3.8, 4) is 16.9 Å². The molecule has 23 heavy (non-hydrogen) atoms. The number of hydrogen-bond acceptors (Lipinski definition) is 3. The second-order valence-corrected chi connectivity index (χ2v) is 6.95. The Bertz CT molecular complexity index is 679. The normalized spacial score (nSPS) is 18.9. The third kappa shape index (κ3) is 3.01. The van der Waals surface area contributed by atoms with Crippen molar-refractivity contribution in [3.63, 3.8) is 0 Å². The lowest BCUT2D eigenvalue weighted by Gasteiger charge is -2.32. The molecule has 2 aromatic rings. The molecule has 3 rings (SSSR count). The number of rotatable bonds is 3. The van der Waals surface area contributed by atoms with Crippen molar-refractivity contribution >= 4 is 12.6 Å². The summed E-state index contributed by atoms with van der Waals surface area (Å²) in [5, 5.41) is 0. The highest BCUT2D eigenvalue weighted by atomic mass is 16.7. The Kier molecular flexibility index (Phi) is 3.99. The Labute approximate surface area is 138 Å². The molecule has 0 atom stereocenters. The lowest BCUT2D eigenvalue weighted by molar-refractivity contribution is 0.00578. The topological polar surface area (TPSA) is 27.7 Å². The van der Waals surface area contributed by atoms with Crippen LogP contribution >= 0.6 is 0 Å². The van der Waals surface area contributed by atoms with Gasteiger partial charge in [0.2, 0.25) is 0 Å². The largest absolute Gasteiger partial charge is 0.497 e. The molecule has 0 bridgehead atoms. The maximum atomic E-state index is 6.16. The molecular weight excluding hydrogens is 287 g/mol. The van der Waals surface area contributed by atoms with Crippen LogP contribution in [0.2, 0.25) is 0 Å². The molecular formula is C19H23BO3. The highest BCUT2D eigenvalue weighted by Gasteiger charge is 2.51. The van der Waals surface area contributed by atoms with Crippen molar-refractivity contribution < 1.29 is 14.0 Å². The summed E-state index contributed by atoms with van der Waals surface area (Å²) in [4.78, 5) is 0. The van der Waals surface area contributed by atoms with E-state index in [1.807, 2.05) is 30.3 Å². The fourth-order valence-corrected chi connectivity index (χ4v) is 2.65. The van der Waals surface area contributed by atoms with E-state index >= 15 is 0 Å². The average Bonchev–Trinajstić information content (AvgIpc) is 2.76. The number of benzene rings is 2. The Morgan fingerprint density at radius 3 is 2.00 bits per heavy atom. The van der Waals surface area contributed by atoms with Crippen LogP contribution in [0, 0.1) is 0 Å². The van der Waals surface area contributed by atoms with Crippen LogP contribution in [0.5, 0.6) is 5.75 Å². The summed E-state index contributed by atoms with van der Waals surface area (Å²) in [5.74, 6) is 0.802. The minimum absolute atomic E-state index is 0.354. The van der Waals surface area contributed by atoms with Crippen molar-refractivity contribution in [2.45, 2.75) is 38.9 Å². The predicted octanol–water partition coefficient (Wildman–Crippen LogP) is 3.66. The van der Waals surface area contributed by atoms with E-state index < -0.39 is 7.12 Å². The van der Waals surface area contributed by atoms with Gasteiger partial charge in [-0.05, 0) is 56.4 Å². The van der Waals surface area contributed by atoms with Gasteiger partial charge in [0.15, 0.2) is 0 Å². The average molecular weight is 310 g/mol. The molecule has 0 N–H and O–H groups in total. The summed E-state index contributed by atoms with van der Waals surface area (Å²) in [6, 6.07) is 16.4. The fourth-order valence-electron chi connectivity index (χ4n) is 2.65. The summed E-state index contributed by atoms with van der Waals surface area (Å²) in [7, 11) is 1.29. The van der Waals surface area contributed by atoms with Crippen LogP contribution in [-0.4, -0.2) is 25.4 Å². The van der Waals surface area contributed by atoms with Crippen LogP contribution in [0.4, 0.5) is 0 Å². The first-order chi connectivity index (χ1) is 10.8. The maximum absolute atomic E-state index is 6.16. The molecule has 1 heterocycles. The molecule has 1 aliphatic rings. The van der Waals surface area contributed by atoms with E-state index in [1.54, 1.807) is 7.11 Å². The van der Waals surface area contributed by atoms with Gasteiger partial charge in [0, 0.05) is 0 Å². The third-order valence-electron chi connectivity index (χ3n) is 4.80. The Morgan fingerprint density at radius 1 is 0.826 bits per heavy atom. The van der Waals surface area contributed by atoms with Crippen LogP contribution in [0.3, 0.4) is 0 Å². The van der Waals surface area contributed by atoms with Crippen LogP contribution < -0.4 is 10.2 Å². The van der Waals surface area contributed by atoms with Crippen molar-refractivity contribution in [3.05, 3.63) is 48.5 Å². The van der Waals surface area contributed by atoms with Gasteiger partial charge < -0.3 is 14.0 Å². The van der Waals surface area contributed by atoms with Crippen molar-refractivity contribution in [2.75, 3.05) is 7.11 Å². The predicted molar refractivity (Wildman–Crippen MR) is 94.1 cm³/mol. The molecule has 0 unspecified atom stereocenters. The summed E-state index contributed by atoms with van der Waals surface area (Å²) in [6.07, 6.45) is 0. The number of hydrogen-bond donors (Lipinski definition) is 0. The van der Waals surface area contributed by atoms with Gasteiger partial charge >= 0.3 is 7.12 Å². The molecule has 1 saturated heterocycles. The lowest BCUT2D eigenvalue weighted by atomic mass is 9.77. The molecule has 0 aromatic heterocycles. The number of ether oxygens (including phenoxy) is 1. The van der Waals surface area contributed by atoms with Gasteiger partial charge in [-0.1, -0.05) is 36.4 Å². The van der Waals surface area contributed by atoms with E-state index in [-0.39, 0.29) is 11.2 Å². The van der Waals surface area contributed by atoms with Crippen LogP contribution in [0.1, 0.15) is 27.7 Å². The first kappa shape index (κ1) is 16.1. The van der Waals surface area contributed by atoms with Crippen molar-refractivity contribution in [2.24, 2.45) is 0 Å². The zero-order valence-electron chi connectivity index (χ0n) is 14.4. The molecule has 1 aliphatic heterocycles. The van der Waals surface area contributed by atoms with E-state index in [0.717, 1.165) is 22.3 Å². The van der Waals surface area contributed by atoms with E-state index in [4.69, 9.17) is 14.0 Å². The fraction of sp³-hybridized carbons (Fsp3) is 0.368. The summed E-state index contributed by atoms with van der Waals surface area (Å²) in [5.41, 5.74) is 2.50. The molecule has 0 spiro atoms. The highest BCUT2D eigenvalue weighted by Crippen LogP contribution is 2.37. The van der Waals surface area contributed by atoms with Crippen LogP contribution in [0.15, 0.2) is 48.5 Å². The summed E-state index contributed by atoms with van der Waals surface area (Å²) >= 11 is 0. The molecule has 0 radical (unpaired) electrons. The van der Waals surface area contributed by atoms with Crippen molar-refractivity contribution in [1.29, 1.82) is 0 Å². The monoisotopic (exact) mass is 310 g/mol. The minimum Gasteiger partial charge on any atom is -0.497 e. The molecule has 4 heteroatoms. The van der Waals surface area contributed by atoms with E-state index in [1.165, 1.54) is 0 Å². The lowest BCUT2D eigenvalue weighted by Crippen LogP contribution is -2.41. The zero-order valence-corrected chi connectivity index (χ0v) is 14.4. The Balaban J connectivity index is 2.01. The molecule has 1 fully saturated rings. The van der Waals surface area contributed by atoms with E-state index in [0.29, 0.717) is 0 Å². The van der Waals surface area contributed by atoms with Crippen molar-refractivity contribution in [1.82, 2.24) is 0 Å². The van der Waals surface area contributed by atoms with Gasteiger partial charge in [0.05, 0.1) is 18.3 Å². The first-order valence-corrected chi connectivity index (χ1v) is 7.92. The van der Waals surface area contributed by atoms with Gasteiger partial charge in [-0.3, -0.25) is 0 Å². The third-order valence-corrected chi connectivity index (χ3v) is 4.80. The summed E-state index contributed by atoms with van der Waals surface area (Å²) < 4.78 is 17.8. The standard InChI is InChI=1S/C19H23BO3/c1-18(2)19(3,4)23-20(22-18)16-11-15(12-17(13-16)21-5)14-9-7-6-8-10-14/h6-13H,1-5H3. The first-order valence-electron chi connectivity index (χ1n) is 7.92. The van der Waals surface area contributed by atoms with Crippen LogP contribution in [-0.2, 0) is 9.31 Å². The van der Waals surface area contributed by atoms with Gasteiger partial charge in [0.25, 0.3) is 0 Å². The Hall–Kier alpha value is -1.78. The zero-order chi connectivity index (χ0) is 16.7. The van der Waals surface area contributed by atoms with Gasteiger partial charge in [-0.15, -0.1) is 0 Å². The van der Waals surface area contributed by atoms with Gasteiger partial charge in [0.1, 0.15) is 5.75 Å². The highest BCUT2D eigenvalue weighted by molar-refractivity contribution is 6.62. The smallest absolute Gasteiger partial charge is 0.494 e. The molecule has 3 nitrogen and oxygen atoms in total.